The van der Waals surface area contributed by atoms with Crippen molar-refractivity contribution in [2.45, 2.75) is 12.8 Å². The van der Waals surface area contributed by atoms with Crippen LogP contribution >= 0.6 is 0 Å². The zero-order valence-electron chi connectivity index (χ0n) is 13.0. The Labute approximate surface area is 130 Å². The molecule has 5 nitrogen and oxygen atoms in total. The normalized spacial score (nSPS) is 15.8. The van der Waals surface area contributed by atoms with Crippen LogP contribution in [0.4, 0.5) is 5.82 Å². The standard InChI is InChI=1S/C17H21N3O2/c1-18-17(21)12-7-10-20(11-8-12)16-14-4-3-5-15(22-2)13(14)6-9-19-16/h3-6,9,12H,7-8,10-11H2,1-2H3,(H,18,21). The number of pyridine rings is 1. The van der Waals surface area contributed by atoms with Gasteiger partial charge >= 0.3 is 0 Å². The van der Waals surface area contributed by atoms with Crippen LogP contribution in [-0.4, -0.2) is 38.1 Å². The van der Waals surface area contributed by atoms with Crippen molar-refractivity contribution in [3.8, 4) is 5.75 Å². The Hall–Kier alpha value is -2.30. The van der Waals surface area contributed by atoms with E-state index in [1.807, 2.05) is 24.4 Å². The van der Waals surface area contributed by atoms with Gasteiger partial charge in [-0.1, -0.05) is 12.1 Å². The van der Waals surface area contributed by atoms with Gasteiger partial charge in [-0.2, -0.15) is 0 Å². The van der Waals surface area contributed by atoms with E-state index in [0.29, 0.717) is 0 Å². The van der Waals surface area contributed by atoms with Crippen molar-refractivity contribution in [3.05, 3.63) is 30.5 Å². The van der Waals surface area contributed by atoms with Crippen molar-refractivity contribution in [2.75, 3.05) is 32.1 Å². The maximum Gasteiger partial charge on any atom is 0.222 e. The molecule has 0 radical (unpaired) electrons. The molecule has 116 valence electrons. The van der Waals surface area contributed by atoms with E-state index in [4.69, 9.17) is 4.74 Å². The minimum absolute atomic E-state index is 0.116. The molecule has 0 unspecified atom stereocenters. The molecule has 5 heteroatoms. The van der Waals surface area contributed by atoms with Gasteiger partial charge in [-0.15, -0.1) is 0 Å². The lowest BCUT2D eigenvalue weighted by Gasteiger charge is -2.32. The predicted octanol–water partition coefficient (Wildman–Crippen LogP) is 2.21. The molecule has 0 atom stereocenters. The Bertz CT molecular complexity index is 679. The first kappa shape index (κ1) is 14.6. The quantitative estimate of drug-likeness (QED) is 0.944. The third kappa shape index (κ3) is 2.58. The van der Waals surface area contributed by atoms with Gasteiger partial charge in [0.25, 0.3) is 0 Å². The Kier molecular flexibility index (Phi) is 4.13. The van der Waals surface area contributed by atoms with Gasteiger partial charge in [-0.25, -0.2) is 4.98 Å². The molecule has 1 fully saturated rings. The molecule has 0 spiro atoms. The van der Waals surface area contributed by atoms with Crippen LogP contribution in [0.3, 0.4) is 0 Å². The number of piperidine rings is 1. The summed E-state index contributed by atoms with van der Waals surface area (Å²) in [6, 6.07) is 8.01. The Morgan fingerprint density at radius 3 is 2.73 bits per heavy atom. The van der Waals surface area contributed by atoms with Gasteiger partial charge in [0.05, 0.1) is 7.11 Å². The molecule has 1 saturated heterocycles. The number of nitrogens with one attached hydrogen (secondary N) is 1. The van der Waals surface area contributed by atoms with Crippen LogP contribution in [0.25, 0.3) is 10.8 Å². The summed E-state index contributed by atoms with van der Waals surface area (Å²) in [7, 11) is 3.39. The van der Waals surface area contributed by atoms with E-state index in [0.717, 1.165) is 48.3 Å². The second-order valence-corrected chi connectivity index (χ2v) is 5.57. The highest BCUT2D eigenvalue weighted by Gasteiger charge is 2.25. The highest BCUT2D eigenvalue weighted by atomic mass is 16.5. The molecule has 1 aliphatic heterocycles. The molecule has 0 bridgehead atoms. The summed E-state index contributed by atoms with van der Waals surface area (Å²) in [6.07, 6.45) is 3.55. The molecule has 1 aromatic heterocycles. The summed E-state index contributed by atoms with van der Waals surface area (Å²) in [4.78, 5) is 18.6. The first-order valence-electron chi connectivity index (χ1n) is 7.63. The lowest BCUT2D eigenvalue weighted by Crippen LogP contribution is -2.40. The molecule has 1 N–H and O–H groups in total. The highest BCUT2D eigenvalue weighted by Crippen LogP contribution is 2.32. The number of amides is 1. The molecule has 22 heavy (non-hydrogen) atoms. The lowest BCUT2D eigenvalue weighted by molar-refractivity contribution is -0.125. The number of hydrogen-bond acceptors (Lipinski definition) is 4. The summed E-state index contributed by atoms with van der Waals surface area (Å²) < 4.78 is 5.43. The van der Waals surface area contributed by atoms with Crippen LogP contribution < -0.4 is 15.0 Å². The average molecular weight is 299 g/mol. The maximum atomic E-state index is 11.7. The topological polar surface area (TPSA) is 54.5 Å². The number of aromatic nitrogens is 1. The lowest BCUT2D eigenvalue weighted by atomic mass is 9.95. The van der Waals surface area contributed by atoms with Crippen molar-refractivity contribution >= 4 is 22.5 Å². The number of benzene rings is 1. The van der Waals surface area contributed by atoms with E-state index in [1.165, 1.54) is 0 Å². The number of ether oxygens (including phenoxy) is 1. The van der Waals surface area contributed by atoms with Crippen LogP contribution in [-0.2, 0) is 4.79 Å². The van der Waals surface area contributed by atoms with Gasteiger partial charge in [0.15, 0.2) is 0 Å². The third-order valence-electron chi connectivity index (χ3n) is 4.38. The zero-order chi connectivity index (χ0) is 15.5. The Morgan fingerprint density at radius 2 is 2.05 bits per heavy atom. The van der Waals surface area contributed by atoms with Crippen LogP contribution in [0, 0.1) is 5.92 Å². The highest BCUT2D eigenvalue weighted by molar-refractivity contribution is 5.96. The maximum absolute atomic E-state index is 11.7. The number of carbonyl (C=O) groups excluding carboxylic acids is 1. The molecule has 2 heterocycles. The first-order valence-corrected chi connectivity index (χ1v) is 7.63. The minimum atomic E-state index is 0.116. The summed E-state index contributed by atoms with van der Waals surface area (Å²) in [6.45, 7) is 1.70. The fourth-order valence-corrected chi connectivity index (χ4v) is 3.15. The van der Waals surface area contributed by atoms with E-state index in [9.17, 15) is 4.79 Å². The van der Waals surface area contributed by atoms with Gasteiger partial charge in [0.1, 0.15) is 11.6 Å². The number of fused-ring (bicyclic) bond motifs is 1. The number of carbonyl (C=O) groups is 1. The van der Waals surface area contributed by atoms with Gasteiger partial charge in [-0.05, 0) is 25.0 Å². The fraction of sp³-hybridized carbons (Fsp3) is 0.412. The molecule has 0 aliphatic carbocycles. The van der Waals surface area contributed by atoms with Crippen LogP contribution in [0.1, 0.15) is 12.8 Å². The number of nitrogens with zero attached hydrogens (tertiary/aromatic N) is 2. The molecule has 1 aromatic carbocycles. The molecule has 3 rings (SSSR count). The molecule has 2 aromatic rings. The molecular formula is C17H21N3O2. The van der Waals surface area contributed by atoms with E-state index < -0.39 is 0 Å². The van der Waals surface area contributed by atoms with Crippen molar-refractivity contribution in [1.82, 2.24) is 10.3 Å². The zero-order valence-corrected chi connectivity index (χ0v) is 13.0. The van der Waals surface area contributed by atoms with Crippen molar-refractivity contribution < 1.29 is 9.53 Å². The smallest absolute Gasteiger partial charge is 0.222 e. The summed E-state index contributed by atoms with van der Waals surface area (Å²) in [5, 5.41) is 4.91. The van der Waals surface area contributed by atoms with Gasteiger partial charge in [-0.3, -0.25) is 4.79 Å². The number of methoxy groups -OCH3 is 1. The van der Waals surface area contributed by atoms with E-state index in [-0.39, 0.29) is 11.8 Å². The van der Waals surface area contributed by atoms with E-state index in [2.05, 4.69) is 21.3 Å². The largest absolute Gasteiger partial charge is 0.496 e. The molecule has 1 aliphatic rings. The van der Waals surface area contributed by atoms with Crippen LogP contribution in [0.2, 0.25) is 0 Å². The third-order valence-corrected chi connectivity index (χ3v) is 4.38. The van der Waals surface area contributed by atoms with Crippen molar-refractivity contribution in [3.63, 3.8) is 0 Å². The number of hydrogen-bond donors (Lipinski definition) is 1. The second-order valence-electron chi connectivity index (χ2n) is 5.57. The van der Waals surface area contributed by atoms with Crippen LogP contribution in [0.5, 0.6) is 5.75 Å². The van der Waals surface area contributed by atoms with E-state index >= 15 is 0 Å². The van der Waals surface area contributed by atoms with Crippen molar-refractivity contribution in [2.24, 2.45) is 5.92 Å². The average Bonchev–Trinajstić information content (AvgIpc) is 2.60. The van der Waals surface area contributed by atoms with Gasteiger partial charge < -0.3 is 15.0 Å². The van der Waals surface area contributed by atoms with E-state index in [1.54, 1.807) is 14.2 Å². The fourth-order valence-electron chi connectivity index (χ4n) is 3.15. The number of rotatable bonds is 3. The second kappa shape index (κ2) is 6.22. The number of anilines is 1. The summed E-state index contributed by atoms with van der Waals surface area (Å²) in [5.74, 6) is 2.10. The Morgan fingerprint density at radius 1 is 1.27 bits per heavy atom. The van der Waals surface area contributed by atoms with Gasteiger partial charge in [0.2, 0.25) is 5.91 Å². The Balaban J connectivity index is 1.87. The molecule has 1 amide bonds. The minimum Gasteiger partial charge on any atom is -0.496 e. The SMILES string of the molecule is CNC(=O)C1CCN(c2nccc3c(OC)cccc23)CC1. The van der Waals surface area contributed by atoms with Crippen LogP contribution in [0.15, 0.2) is 30.5 Å². The predicted molar refractivity (Wildman–Crippen MR) is 87.3 cm³/mol. The molecular weight excluding hydrogens is 278 g/mol. The van der Waals surface area contributed by atoms with Crippen molar-refractivity contribution in [1.29, 1.82) is 0 Å². The summed E-state index contributed by atoms with van der Waals surface area (Å²) in [5.41, 5.74) is 0. The first-order chi connectivity index (χ1) is 10.7. The monoisotopic (exact) mass is 299 g/mol. The van der Waals surface area contributed by atoms with Gasteiger partial charge in [0, 0.05) is 43.0 Å². The summed E-state index contributed by atoms with van der Waals surface area (Å²) >= 11 is 0. The molecule has 0 saturated carbocycles.